The van der Waals surface area contributed by atoms with E-state index in [0.717, 1.165) is 18.5 Å². The number of phenolic OH excluding ortho intramolecular Hbond substituents is 1. The normalized spacial score (nSPS) is 13.6. The average molecular weight is 653 g/mol. The van der Waals surface area contributed by atoms with Gasteiger partial charge in [-0.1, -0.05) is 35.9 Å². The van der Waals surface area contributed by atoms with E-state index in [1.807, 2.05) is 23.1 Å². The van der Waals surface area contributed by atoms with Gasteiger partial charge in [-0.2, -0.15) is 10.5 Å². The fourth-order valence-electron chi connectivity index (χ4n) is 5.73. The number of benzene rings is 3. The Morgan fingerprint density at radius 3 is 2.34 bits per heavy atom. The average Bonchev–Trinajstić information content (AvgIpc) is 3.08. The molecule has 2 heterocycles. The molecule has 0 atom stereocenters. The van der Waals surface area contributed by atoms with Crippen LogP contribution in [0.4, 0.5) is 15.9 Å². The maximum Gasteiger partial charge on any atom is 0.276 e. The molecule has 1 fully saturated rings. The van der Waals surface area contributed by atoms with E-state index < -0.39 is 11.7 Å². The highest BCUT2D eigenvalue weighted by atomic mass is 35.5. The predicted octanol–water partition coefficient (Wildman–Crippen LogP) is 6.57. The molecule has 47 heavy (non-hydrogen) atoms. The Morgan fingerprint density at radius 1 is 1.06 bits per heavy atom. The molecule has 12 heteroatoms. The zero-order valence-corrected chi connectivity index (χ0v) is 26.3. The van der Waals surface area contributed by atoms with Gasteiger partial charge >= 0.3 is 0 Å². The summed E-state index contributed by atoms with van der Waals surface area (Å²) in [7, 11) is 1.44. The Kier molecular flexibility index (Phi) is 9.91. The highest BCUT2D eigenvalue weighted by Gasteiger charge is 2.26. The van der Waals surface area contributed by atoms with Crippen molar-refractivity contribution in [2.45, 2.75) is 25.8 Å². The molecule has 0 saturated carbocycles. The van der Waals surface area contributed by atoms with E-state index >= 15 is 0 Å². The maximum absolute atomic E-state index is 14.9. The molecule has 1 aliphatic rings. The van der Waals surface area contributed by atoms with Gasteiger partial charge in [0.1, 0.15) is 29.3 Å². The molecule has 0 radical (unpaired) electrons. The minimum atomic E-state index is -0.711. The number of nitrogens with one attached hydrogen (secondary N) is 2. The van der Waals surface area contributed by atoms with Crippen molar-refractivity contribution in [3.63, 3.8) is 0 Å². The predicted molar refractivity (Wildman–Crippen MR) is 176 cm³/mol. The Labute approximate surface area is 275 Å². The van der Waals surface area contributed by atoms with Crippen molar-refractivity contribution in [2.75, 3.05) is 30.4 Å². The largest absolute Gasteiger partial charge is 0.504 e. The first kappa shape index (κ1) is 32.8. The number of anilines is 2. The Balaban J connectivity index is 1.42. The van der Waals surface area contributed by atoms with Gasteiger partial charge < -0.3 is 20.1 Å². The Bertz CT molecular complexity index is 1940. The van der Waals surface area contributed by atoms with Crippen LogP contribution in [0.1, 0.15) is 36.5 Å². The van der Waals surface area contributed by atoms with Gasteiger partial charge in [-0.3, -0.25) is 10.0 Å². The molecular formula is C35H30ClFN6O4. The molecule has 0 aliphatic carbocycles. The van der Waals surface area contributed by atoms with E-state index in [9.17, 15) is 24.8 Å². The number of hydrogen-bond acceptors (Lipinski definition) is 9. The number of phenols is 1. The van der Waals surface area contributed by atoms with E-state index in [2.05, 4.69) is 11.4 Å². The van der Waals surface area contributed by atoms with Crippen molar-refractivity contribution in [1.82, 2.24) is 10.5 Å². The van der Waals surface area contributed by atoms with Crippen LogP contribution in [0.25, 0.3) is 27.8 Å². The second-order valence-corrected chi connectivity index (χ2v) is 11.4. The summed E-state index contributed by atoms with van der Waals surface area (Å²) in [5, 5.41) is 43.0. The lowest BCUT2D eigenvalue weighted by Gasteiger charge is -2.34. The number of nitriles is 2. The molecule has 1 saturated heterocycles. The van der Waals surface area contributed by atoms with Crippen LogP contribution >= 0.6 is 11.6 Å². The topological polar surface area (TPSA) is 155 Å². The summed E-state index contributed by atoms with van der Waals surface area (Å²) in [5.41, 5.74) is 5.21. The highest BCUT2D eigenvalue weighted by Crippen LogP contribution is 2.41. The molecule has 1 aliphatic heterocycles. The molecule has 4 aromatic rings. The number of pyridine rings is 1. The summed E-state index contributed by atoms with van der Waals surface area (Å²) >= 11 is 6.07. The van der Waals surface area contributed by atoms with Gasteiger partial charge in [0.2, 0.25) is 0 Å². The van der Waals surface area contributed by atoms with E-state index in [1.54, 1.807) is 48.9 Å². The van der Waals surface area contributed by atoms with Crippen molar-refractivity contribution in [2.24, 2.45) is 0 Å². The molecule has 0 bridgehead atoms. The van der Waals surface area contributed by atoms with Crippen molar-refractivity contribution in [3.8, 4) is 45.9 Å². The number of halogens is 2. The fraction of sp³-hybridized carbons (Fsp3) is 0.200. The number of hydroxylamine groups is 1. The van der Waals surface area contributed by atoms with Crippen LogP contribution in [0.5, 0.6) is 11.5 Å². The third-order valence-corrected chi connectivity index (χ3v) is 8.24. The van der Waals surface area contributed by atoms with Gasteiger partial charge in [-0.05, 0) is 72.9 Å². The van der Waals surface area contributed by atoms with Crippen LogP contribution in [0.3, 0.4) is 0 Å². The summed E-state index contributed by atoms with van der Waals surface area (Å²) in [5.74, 6) is -0.779. The van der Waals surface area contributed by atoms with Crippen molar-refractivity contribution >= 4 is 34.6 Å². The lowest BCUT2D eigenvalue weighted by molar-refractivity contribution is -0.123. The number of carbonyl (C=O) groups is 1. The minimum absolute atomic E-state index is 0.101. The van der Waals surface area contributed by atoms with E-state index in [-0.39, 0.29) is 39.3 Å². The standard InChI is InChI=1S/C35H30ClFN6O4/c1-20(36)32(35(45)42-46)21-5-8-25(9-6-21)41-26-11-13-43(14-12-26)34-27(18-39)33(23-3-4-24(17-38)29(37)15-23)28(19-40-34)22-7-10-31(47-2)30(44)16-22/h3-10,15-16,19,26,41,44,46H,11-14H2,1-2H3,(H,42,45). The van der Waals surface area contributed by atoms with Crippen molar-refractivity contribution in [3.05, 3.63) is 94.4 Å². The number of piperidine rings is 1. The third-order valence-electron chi connectivity index (χ3n) is 8.05. The molecule has 0 spiro atoms. The number of ether oxygens (including phenoxy) is 1. The maximum atomic E-state index is 14.9. The number of aromatic hydroxyl groups is 1. The van der Waals surface area contributed by atoms with E-state index in [4.69, 9.17) is 26.5 Å². The van der Waals surface area contributed by atoms with Gasteiger partial charge in [0.15, 0.2) is 11.5 Å². The molecule has 1 amide bonds. The Hall–Kier alpha value is -5.62. The van der Waals surface area contributed by atoms with Crippen molar-refractivity contribution in [1.29, 1.82) is 10.5 Å². The van der Waals surface area contributed by atoms with E-state index in [1.165, 1.54) is 25.3 Å². The van der Waals surface area contributed by atoms with Gasteiger partial charge in [-0.15, -0.1) is 0 Å². The first-order valence-electron chi connectivity index (χ1n) is 14.6. The van der Waals surface area contributed by atoms with Crippen molar-refractivity contribution < 1.29 is 24.2 Å². The monoisotopic (exact) mass is 652 g/mol. The molecule has 5 rings (SSSR count). The zero-order valence-electron chi connectivity index (χ0n) is 25.5. The van der Waals surface area contributed by atoms with Gasteiger partial charge in [-0.25, -0.2) is 14.9 Å². The smallest absolute Gasteiger partial charge is 0.276 e. The summed E-state index contributed by atoms with van der Waals surface area (Å²) in [6.45, 7) is 2.73. The number of aromatic nitrogens is 1. The second kappa shape index (κ2) is 14.2. The van der Waals surface area contributed by atoms with Crippen LogP contribution in [0.2, 0.25) is 0 Å². The number of rotatable bonds is 8. The molecule has 3 aromatic carbocycles. The SMILES string of the molecule is COc1ccc(-c2cnc(N3CCC(Nc4ccc(C(C(=O)NO)=C(C)Cl)cc4)CC3)c(C#N)c2-c2ccc(C#N)c(F)c2)cc1O. The first-order chi connectivity index (χ1) is 22.7. The second-order valence-electron chi connectivity index (χ2n) is 10.9. The molecule has 4 N–H and O–H groups in total. The number of allylic oxidation sites excluding steroid dienone is 1. The van der Waals surface area contributed by atoms with Crippen LogP contribution in [0.15, 0.2) is 71.9 Å². The van der Waals surface area contributed by atoms with Crippen LogP contribution in [-0.2, 0) is 4.79 Å². The third kappa shape index (κ3) is 6.82. The number of hydrogen-bond donors (Lipinski definition) is 4. The van der Waals surface area contributed by atoms with Crippen LogP contribution < -0.4 is 20.4 Å². The van der Waals surface area contributed by atoms with E-state index in [0.29, 0.717) is 46.7 Å². The molecular weight excluding hydrogens is 623 g/mol. The summed E-state index contributed by atoms with van der Waals surface area (Å²) in [6.07, 6.45) is 3.06. The fourth-order valence-corrected chi connectivity index (χ4v) is 5.93. The van der Waals surface area contributed by atoms with Crippen LogP contribution in [0, 0.1) is 28.5 Å². The Morgan fingerprint density at radius 2 is 1.77 bits per heavy atom. The minimum Gasteiger partial charge on any atom is -0.504 e. The number of nitrogens with zero attached hydrogens (tertiary/aromatic N) is 4. The molecule has 0 unspecified atom stereocenters. The molecule has 1 aromatic heterocycles. The lowest BCUT2D eigenvalue weighted by Crippen LogP contribution is -2.40. The first-order valence-corrected chi connectivity index (χ1v) is 15.0. The summed E-state index contributed by atoms with van der Waals surface area (Å²) < 4.78 is 20.0. The lowest BCUT2D eigenvalue weighted by atomic mass is 9.91. The summed E-state index contributed by atoms with van der Waals surface area (Å²) in [6, 6.07) is 20.4. The number of carbonyl (C=O) groups excluding carboxylic acids is 1. The highest BCUT2D eigenvalue weighted by molar-refractivity contribution is 6.38. The number of amides is 1. The van der Waals surface area contributed by atoms with Gasteiger partial charge in [0.05, 0.1) is 18.2 Å². The van der Waals surface area contributed by atoms with Gasteiger partial charge in [0, 0.05) is 47.2 Å². The van der Waals surface area contributed by atoms with Gasteiger partial charge in [0.25, 0.3) is 5.91 Å². The summed E-state index contributed by atoms with van der Waals surface area (Å²) in [4.78, 5) is 18.7. The molecule has 10 nitrogen and oxygen atoms in total. The van der Waals surface area contributed by atoms with Crippen LogP contribution in [-0.4, -0.2) is 47.4 Å². The zero-order chi connectivity index (χ0) is 33.7. The number of methoxy groups -OCH3 is 1. The molecule has 238 valence electrons. The quantitative estimate of drug-likeness (QED) is 0.0940.